The summed E-state index contributed by atoms with van der Waals surface area (Å²) in [5.74, 6) is 0.842. The van der Waals surface area contributed by atoms with E-state index in [9.17, 15) is 4.79 Å². The van der Waals surface area contributed by atoms with Crippen molar-refractivity contribution in [2.45, 2.75) is 25.4 Å². The fourth-order valence-corrected chi connectivity index (χ4v) is 5.65. The molecule has 1 saturated heterocycles. The van der Waals surface area contributed by atoms with Gasteiger partial charge < -0.3 is 19.8 Å². The molecule has 1 aliphatic rings. The smallest absolute Gasteiger partial charge is 0.253 e. The van der Waals surface area contributed by atoms with Gasteiger partial charge in [-0.15, -0.1) is 0 Å². The Bertz CT molecular complexity index is 1650. The van der Waals surface area contributed by atoms with E-state index in [1.54, 1.807) is 0 Å². The first-order valence-electron chi connectivity index (χ1n) is 12.4. The summed E-state index contributed by atoms with van der Waals surface area (Å²) in [7, 11) is 2.01. The Morgan fingerprint density at radius 1 is 1.03 bits per heavy atom. The van der Waals surface area contributed by atoms with Crippen molar-refractivity contribution in [1.82, 2.24) is 19.0 Å². The standard InChI is InChI=1S/C29H27Cl2N5O/c1-34-26-11-9-20(29(37)35-12-4-6-21(32)17-35)14-24(26)33-28(34)27-15-19-5-2-3-7-25(19)36(27)16-18-8-10-22(30)23(31)13-18/h2-3,5,7-11,13-15,21H,4,6,12,16-17,32H2,1H3/t21-/m1/s1. The van der Waals surface area contributed by atoms with E-state index in [0.29, 0.717) is 28.7 Å². The normalized spacial score (nSPS) is 16.1. The van der Waals surface area contributed by atoms with E-state index in [2.05, 4.69) is 27.3 Å². The molecule has 6 nitrogen and oxygen atoms in total. The number of hydrogen-bond donors (Lipinski definition) is 1. The molecule has 3 heterocycles. The lowest BCUT2D eigenvalue weighted by Crippen LogP contribution is -2.45. The molecular weight excluding hydrogens is 505 g/mol. The average Bonchev–Trinajstić information content (AvgIpc) is 3.42. The Morgan fingerprint density at radius 3 is 2.68 bits per heavy atom. The van der Waals surface area contributed by atoms with E-state index < -0.39 is 0 Å². The van der Waals surface area contributed by atoms with Gasteiger partial charge in [0.25, 0.3) is 5.91 Å². The number of piperidine rings is 1. The highest BCUT2D eigenvalue weighted by Gasteiger charge is 2.24. The SMILES string of the molecule is Cn1c(-c2cc3ccccc3n2Cc2ccc(Cl)c(Cl)c2)nc2cc(C(=O)N3CCC[C@@H](N)C3)ccc21. The first-order valence-corrected chi connectivity index (χ1v) is 13.2. The first-order chi connectivity index (χ1) is 17.9. The van der Waals surface area contributed by atoms with Gasteiger partial charge in [0.15, 0.2) is 5.82 Å². The summed E-state index contributed by atoms with van der Waals surface area (Å²) in [5.41, 5.74) is 11.6. The number of imidazole rings is 1. The van der Waals surface area contributed by atoms with E-state index in [-0.39, 0.29) is 11.9 Å². The molecule has 5 aromatic rings. The van der Waals surface area contributed by atoms with Crippen molar-refractivity contribution in [1.29, 1.82) is 0 Å². The zero-order valence-corrected chi connectivity index (χ0v) is 22.0. The van der Waals surface area contributed by atoms with E-state index in [4.69, 9.17) is 33.9 Å². The lowest BCUT2D eigenvalue weighted by molar-refractivity contribution is 0.0709. The van der Waals surface area contributed by atoms with Crippen molar-refractivity contribution in [2.24, 2.45) is 12.8 Å². The minimum Gasteiger partial charge on any atom is -0.337 e. The van der Waals surface area contributed by atoms with E-state index in [1.807, 2.05) is 60.5 Å². The summed E-state index contributed by atoms with van der Waals surface area (Å²) in [6, 6.07) is 22.0. The van der Waals surface area contributed by atoms with Gasteiger partial charge in [0.2, 0.25) is 0 Å². The summed E-state index contributed by atoms with van der Waals surface area (Å²) in [4.78, 5) is 20.1. The molecule has 37 heavy (non-hydrogen) atoms. The largest absolute Gasteiger partial charge is 0.337 e. The van der Waals surface area contributed by atoms with Gasteiger partial charge >= 0.3 is 0 Å². The number of benzene rings is 3. The number of halogens is 2. The number of rotatable bonds is 4. The third kappa shape index (κ3) is 4.39. The topological polar surface area (TPSA) is 69.1 Å². The predicted molar refractivity (Wildman–Crippen MR) is 150 cm³/mol. The highest BCUT2D eigenvalue weighted by Crippen LogP contribution is 2.32. The van der Waals surface area contributed by atoms with Gasteiger partial charge in [-0.2, -0.15) is 0 Å². The van der Waals surface area contributed by atoms with Crippen molar-refractivity contribution in [3.05, 3.63) is 87.9 Å². The Hall–Kier alpha value is -3.32. The van der Waals surface area contributed by atoms with Crippen LogP contribution < -0.4 is 5.73 Å². The molecule has 2 aromatic heterocycles. The van der Waals surface area contributed by atoms with Gasteiger partial charge in [0.05, 0.1) is 26.8 Å². The van der Waals surface area contributed by atoms with E-state index in [0.717, 1.165) is 58.4 Å². The summed E-state index contributed by atoms with van der Waals surface area (Å²) >= 11 is 12.5. The number of carbonyl (C=O) groups excluding carboxylic acids is 1. The monoisotopic (exact) mass is 531 g/mol. The molecule has 1 atom stereocenters. The molecule has 1 amide bonds. The molecule has 188 valence electrons. The zero-order chi connectivity index (χ0) is 25.7. The average molecular weight is 532 g/mol. The Morgan fingerprint density at radius 2 is 1.86 bits per heavy atom. The van der Waals surface area contributed by atoms with Crippen LogP contribution in [0.5, 0.6) is 0 Å². The maximum Gasteiger partial charge on any atom is 0.253 e. The fourth-order valence-electron chi connectivity index (χ4n) is 5.33. The number of amides is 1. The van der Waals surface area contributed by atoms with Crippen LogP contribution in [0.4, 0.5) is 0 Å². The Balaban J connectivity index is 1.43. The first kappa shape index (κ1) is 24.0. The zero-order valence-electron chi connectivity index (χ0n) is 20.5. The Labute approximate surface area is 225 Å². The molecule has 8 heteroatoms. The molecule has 0 unspecified atom stereocenters. The maximum atomic E-state index is 13.2. The van der Waals surface area contributed by atoms with Crippen LogP contribution in [-0.2, 0) is 13.6 Å². The van der Waals surface area contributed by atoms with Crippen LogP contribution in [0.2, 0.25) is 10.0 Å². The number of carbonyl (C=O) groups is 1. The van der Waals surface area contributed by atoms with Crippen molar-refractivity contribution >= 4 is 51.0 Å². The highest BCUT2D eigenvalue weighted by atomic mass is 35.5. The maximum absolute atomic E-state index is 13.2. The van der Waals surface area contributed by atoms with Crippen molar-refractivity contribution < 1.29 is 4.79 Å². The Kier molecular flexibility index (Phi) is 6.19. The lowest BCUT2D eigenvalue weighted by Gasteiger charge is -2.30. The third-order valence-electron chi connectivity index (χ3n) is 7.24. The summed E-state index contributed by atoms with van der Waals surface area (Å²) in [6.07, 6.45) is 1.90. The van der Waals surface area contributed by atoms with Crippen LogP contribution in [0.1, 0.15) is 28.8 Å². The van der Waals surface area contributed by atoms with Gasteiger partial charge in [-0.25, -0.2) is 4.98 Å². The molecule has 3 aromatic carbocycles. The van der Waals surface area contributed by atoms with Crippen molar-refractivity contribution in [2.75, 3.05) is 13.1 Å². The number of hydrogen-bond acceptors (Lipinski definition) is 3. The molecule has 0 bridgehead atoms. The number of fused-ring (bicyclic) bond motifs is 2. The molecule has 2 N–H and O–H groups in total. The van der Waals surface area contributed by atoms with Crippen LogP contribution in [0, 0.1) is 0 Å². The number of aryl methyl sites for hydroxylation is 1. The molecule has 0 spiro atoms. The van der Waals surface area contributed by atoms with Gasteiger partial charge in [0.1, 0.15) is 0 Å². The number of aromatic nitrogens is 3. The van der Waals surface area contributed by atoms with Crippen LogP contribution in [0.3, 0.4) is 0 Å². The van der Waals surface area contributed by atoms with Crippen LogP contribution in [0.15, 0.2) is 66.7 Å². The molecule has 6 rings (SSSR count). The number of para-hydroxylation sites is 1. The lowest BCUT2D eigenvalue weighted by atomic mass is 10.1. The molecule has 1 fully saturated rings. The minimum absolute atomic E-state index is 0.0120. The fraction of sp³-hybridized carbons (Fsp3) is 0.241. The second-order valence-corrected chi connectivity index (χ2v) is 10.6. The second kappa shape index (κ2) is 9.53. The molecular formula is C29H27Cl2N5O. The van der Waals surface area contributed by atoms with Crippen LogP contribution >= 0.6 is 23.2 Å². The summed E-state index contributed by atoms with van der Waals surface area (Å²) < 4.78 is 4.33. The van der Waals surface area contributed by atoms with Crippen LogP contribution in [-0.4, -0.2) is 44.1 Å². The quantitative estimate of drug-likeness (QED) is 0.304. The highest BCUT2D eigenvalue weighted by molar-refractivity contribution is 6.42. The van der Waals surface area contributed by atoms with E-state index >= 15 is 0 Å². The second-order valence-electron chi connectivity index (χ2n) is 9.77. The van der Waals surface area contributed by atoms with Gasteiger partial charge in [-0.1, -0.05) is 47.5 Å². The third-order valence-corrected chi connectivity index (χ3v) is 7.98. The number of nitrogens with zero attached hydrogens (tertiary/aromatic N) is 4. The van der Waals surface area contributed by atoms with Gasteiger partial charge in [-0.3, -0.25) is 4.79 Å². The minimum atomic E-state index is 0.0120. The summed E-state index contributed by atoms with van der Waals surface area (Å²) in [6.45, 7) is 1.95. The molecule has 0 radical (unpaired) electrons. The van der Waals surface area contributed by atoms with Gasteiger partial charge in [-0.05, 0) is 60.9 Å². The molecule has 1 aliphatic heterocycles. The number of likely N-dealkylation sites (tertiary alicyclic amines) is 1. The van der Waals surface area contributed by atoms with Crippen LogP contribution in [0.25, 0.3) is 33.5 Å². The molecule has 0 aliphatic carbocycles. The molecule has 0 saturated carbocycles. The van der Waals surface area contributed by atoms with Crippen molar-refractivity contribution in [3.8, 4) is 11.5 Å². The van der Waals surface area contributed by atoms with Gasteiger partial charge in [0, 0.05) is 49.2 Å². The van der Waals surface area contributed by atoms with E-state index in [1.165, 1.54) is 0 Å². The summed E-state index contributed by atoms with van der Waals surface area (Å²) in [5, 5.41) is 2.20. The van der Waals surface area contributed by atoms with Crippen molar-refractivity contribution in [3.63, 3.8) is 0 Å². The predicted octanol–water partition coefficient (Wildman–Crippen LogP) is 6.11. The number of nitrogens with two attached hydrogens (primary N) is 1.